The molecule has 0 fully saturated rings. The van der Waals surface area contributed by atoms with Crippen LogP contribution in [0.3, 0.4) is 0 Å². The zero-order valence-electron chi connectivity index (χ0n) is 10.4. The molecule has 1 aromatic rings. The van der Waals surface area contributed by atoms with Gasteiger partial charge in [0.1, 0.15) is 0 Å². The lowest BCUT2D eigenvalue weighted by Gasteiger charge is -2.09. The van der Waals surface area contributed by atoms with Crippen LogP contribution in [0.2, 0.25) is 0 Å². The van der Waals surface area contributed by atoms with Crippen LogP contribution in [-0.2, 0) is 4.79 Å². The number of hydrogen-bond donors (Lipinski definition) is 1. The van der Waals surface area contributed by atoms with Gasteiger partial charge in [0.15, 0.2) is 0 Å². The highest BCUT2D eigenvalue weighted by atomic mass is 32.2. The van der Waals surface area contributed by atoms with E-state index < -0.39 is 0 Å². The highest BCUT2D eigenvalue weighted by Crippen LogP contribution is 2.22. The molecule has 0 bridgehead atoms. The Kier molecular flexibility index (Phi) is 5.77. The Balaban J connectivity index is 2.48. The summed E-state index contributed by atoms with van der Waals surface area (Å²) in [7, 11) is 0. The number of rotatable bonds is 5. The van der Waals surface area contributed by atoms with E-state index in [-0.39, 0.29) is 11.2 Å². The van der Waals surface area contributed by atoms with E-state index in [0.717, 1.165) is 17.0 Å². The molecule has 0 aromatic heterocycles. The molecule has 0 radical (unpaired) electrons. The predicted molar refractivity (Wildman–Crippen MR) is 73.3 cm³/mol. The van der Waals surface area contributed by atoms with Gasteiger partial charge in [-0.25, -0.2) is 5.43 Å². The van der Waals surface area contributed by atoms with Gasteiger partial charge in [-0.3, -0.25) is 4.79 Å². The number of thioether (sulfide) groups is 1. The van der Waals surface area contributed by atoms with Crippen LogP contribution in [0.1, 0.15) is 27.2 Å². The first-order valence-corrected chi connectivity index (χ1v) is 6.56. The van der Waals surface area contributed by atoms with Crippen molar-refractivity contribution in [3.63, 3.8) is 0 Å². The first kappa shape index (κ1) is 13.8. The van der Waals surface area contributed by atoms with E-state index in [2.05, 4.69) is 10.5 Å². The zero-order valence-corrected chi connectivity index (χ0v) is 11.3. The molecule has 0 aliphatic rings. The fourth-order valence-electron chi connectivity index (χ4n) is 1.08. The van der Waals surface area contributed by atoms with Crippen LogP contribution in [0, 0.1) is 0 Å². The van der Waals surface area contributed by atoms with E-state index >= 15 is 0 Å². The highest BCUT2D eigenvalue weighted by Gasteiger charge is 2.13. The number of hydrogen-bond acceptors (Lipinski definition) is 3. The number of nitrogens with one attached hydrogen (secondary N) is 1. The maximum Gasteiger partial charge on any atom is 0.253 e. The van der Waals surface area contributed by atoms with Gasteiger partial charge in [-0.1, -0.05) is 25.1 Å². The third-order valence-electron chi connectivity index (χ3n) is 2.29. The molecule has 92 valence electrons. The lowest BCUT2D eigenvalue weighted by molar-refractivity contribution is -0.120. The van der Waals surface area contributed by atoms with E-state index in [9.17, 15) is 4.79 Å². The second-order valence-electron chi connectivity index (χ2n) is 3.75. The number of carbonyl (C=O) groups excluding carboxylic acids is 1. The van der Waals surface area contributed by atoms with Crippen molar-refractivity contribution in [2.45, 2.75) is 37.3 Å². The molecule has 1 N–H and O–H groups in total. The quantitative estimate of drug-likeness (QED) is 0.496. The average Bonchev–Trinajstić information content (AvgIpc) is 2.36. The third kappa shape index (κ3) is 5.04. The number of nitrogens with zero attached hydrogens (tertiary/aromatic N) is 1. The summed E-state index contributed by atoms with van der Waals surface area (Å²) in [6.07, 6.45) is 0.848. The Morgan fingerprint density at radius 2 is 2.06 bits per heavy atom. The van der Waals surface area contributed by atoms with Crippen molar-refractivity contribution in [3.8, 4) is 0 Å². The van der Waals surface area contributed by atoms with Gasteiger partial charge < -0.3 is 0 Å². The molecule has 1 atom stereocenters. The summed E-state index contributed by atoms with van der Waals surface area (Å²) in [6.45, 7) is 5.78. The van der Waals surface area contributed by atoms with Crippen LogP contribution in [-0.4, -0.2) is 16.9 Å². The molecule has 0 aliphatic heterocycles. The van der Waals surface area contributed by atoms with Gasteiger partial charge in [0.05, 0.1) is 5.25 Å². The minimum absolute atomic E-state index is 0.0633. The van der Waals surface area contributed by atoms with Gasteiger partial charge in [-0.2, -0.15) is 5.10 Å². The number of amides is 1. The van der Waals surface area contributed by atoms with Gasteiger partial charge >= 0.3 is 0 Å². The summed E-state index contributed by atoms with van der Waals surface area (Å²) >= 11 is 1.53. The minimum atomic E-state index is -0.147. The van der Waals surface area contributed by atoms with Crippen LogP contribution in [0.4, 0.5) is 0 Å². The summed E-state index contributed by atoms with van der Waals surface area (Å²) in [4.78, 5) is 12.8. The lowest BCUT2D eigenvalue weighted by Crippen LogP contribution is -2.27. The maximum absolute atomic E-state index is 11.7. The minimum Gasteiger partial charge on any atom is -0.272 e. The smallest absolute Gasteiger partial charge is 0.253 e. The first-order valence-electron chi connectivity index (χ1n) is 5.68. The normalized spacial score (nSPS) is 13.2. The Labute approximate surface area is 107 Å². The standard InChI is InChI=1S/C13H18N2OS/c1-4-10(2)14-15-13(16)11(3)17-12-8-6-5-7-9-12/h5-9,11H,4H2,1-3H3,(H,15,16). The third-order valence-corrected chi connectivity index (χ3v) is 3.41. The molecule has 0 saturated carbocycles. The lowest BCUT2D eigenvalue weighted by atomic mass is 10.3. The highest BCUT2D eigenvalue weighted by molar-refractivity contribution is 8.00. The molecule has 17 heavy (non-hydrogen) atoms. The van der Waals surface area contributed by atoms with Gasteiger partial charge in [0, 0.05) is 10.6 Å². The summed E-state index contributed by atoms with van der Waals surface area (Å²) in [5, 5.41) is 3.86. The second-order valence-corrected chi connectivity index (χ2v) is 5.16. The fraction of sp³-hybridized carbons (Fsp3) is 0.385. The van der Waals surface area contributed by atoms with Crippen LogP contribution < -0.4 is 5.43 Å². The van der Waals surface area contributed by atoms with E-state index in [0.29, 0.717) is 0 Å². The number of carbonyl (C=O) groups is 1. The number of benzene rings is 1. The second kappa shape index (κ2) is 7.12. The Hall–Kier alpha value is -1.29. The van der Waals surface area contributed by atoms with Crippen molar-refractivity contribution in [1.82, 2.24) is 5.43 Å². The van der Waals surface area contributed by atoms with Crippen molar-refractivity contribution >= 4 is 23.4 Å². The van der Waals surface area contributed by atoms with E-state index in [1.54, 1.807) is 0 Å². The van der Waals surface area contributed by atoms with Crippen LogP contribution in [0.15, 0.2) is 40.3 Å². The van der Waals surface area contributed by atoms with E-state index in [4.69, 9.17) is 0 Å². The van der Waals surface area contributed by atoms with Crippen molar-refractivity contribution in [2.75, 3.05) is 0 Å². The Morgan fingerprint density at radius 3 is 2.65 bits per heavy atom. The fourth-order valence-corrected chi connectivity index (χ4v) is 1.96. The summed E-state index contributed by atoms with van der Waals surface area (Å²) < 4.78 is 0. The van der Waals surface area contributed by atoms with Gasteiger partial charge in [0.2, 0.25) is 0 Å². The van der Waals surface area contributed by atoms with Gasteiger partial charge in [-0.15, -0.1) is 11.8 Å². The van der Waals surface area contributed by atoms with E-state index in [1.165, 1.54) is 11.8 Å². The molecule has 0 aliphatic carbocycles. The molecule has 1 aromatic carbocycles. The molecule has 1 amide bonds. The molecule has 0 heterocycles. The largest absolute Gasteiger partial charge is 0.272 e. The molecule has 0 spiro atoms. The molecule has 0 saturated heterocycles. The van der Waals surface area contributed by atoms with Gasteiger partial charge in [0.25, 0.3) is 5.91 Å². The zero-order chi connectivity index (χ0) is 12.7. The molecule has 1 unspecified atom stereocenters. The maximum atomic E-state index is 11.7. The average molecular weight is 250 g/mol. The predicted octanol–water partition coefficient (Wildman–Crippen LogP) is 3.07. The van der Waals surface area contributed by atoms with Gasteiger partial charge in [-0.05, 0) is 32.4 Å². The molecular formula is C13H18N2OS. The van der Waals surface area contributed by atoms with Crippen molar-refractivity contribution in [1.29, 1.82) is 0 Å². The summed E-state index contributed by atoms with van der Waals surface area (Å²) in [5.41, 5.74) is 3.51. The van der Waals surface area contributed by atoms with Crippen molar-refractivity contribution in [3.05, 3.63) is 30.3 Å². The van der Waals surface area contributed by atoms with E-state index in [1.807, 2.05) is 51.1 Å². The first-order chi connectivity index (χ1) is 8.13. The van der Waals surface area contributed by atoms with Crippen LogP contribution >= 0.6 is 11.8 Å². The molecular weight excluding hydrogens is 232 g/mol. The Morgan fingerprint density at radius 1 is 1.41 bits per heavy atom. The van der Waals surface area contributed by atoms with Crippen LogP contribution in [0.25, 0.3) is 0 Å². The SMILES string of the molecule is CCC(C)=NNC(=O)C(C)Sc1ccccc1. The molecule has 3 nitrogen and oxygen atoms in total. The van der Waals surface area contributed by atoms with Crippen molar-refractivity contribution < 1.29 is 4.79 Å². The van der Waals surface area contributed by atoms with Crippen LogP contribution in [0.5, 0.6) is 0 Å². The Bertz CT molecular complexity index is 390. The molecule has 1 rings (SSSR count). The molecule has 4 heteroatoms. The topological polar surface area (TPSA) is 41.5 Å². The number of hydrazone groups is 1. The summed E-state index contributed by atoms with van der Waals surface area (Å²) in [5.74, 6) is -0.0633. The monoisotopic (exact) mass is 250 g/mol. The summed E-state index contributed by atoms with van der Waals surface area (Å²) in [6, 6.07) is 9.88. The van der Waals surface area contributed by atoms with Crippen molar-refractivity contribution in [2.24, 2.45) is 5.10 Å².